The molecule has 18 heavy (non-hydrogen) atoms. The van der Waals surface area contributed by atoms with Gasteiger partial charge in [-0.15, -0.1) is 0 Å². The van der Waals surface area contributed by atoms with Crippen LogP contribution in [0, 0.1) is 11.8 Å². The summed E-state index contributed by atoms with van der Waals surface area (Å²) in [5, 5.41) is 0. The standard InChI is InChI=1S/C12H27N3O2S/c1-11(2)4-3-7-14-18(16,17)15-8-5-12(10-13)6-9-15/h11-12,14H,3-10,13H2,1-2H3. The number of hydrogen-bond donors (Lipinski definition) is 2. The van der Waals surface area contributed by atoms with Crippen LogP contribution in [0.4, 0.5) is 0 Å². The summed E-state index contributed by atoms with van der Waals surface area (Å²) in [5.41, 5.74) is 5.60. The molecule has 5 nitrogen and oxygen atoms in total. The molecule has 0 saturated carbocycles. The number of nitrogens with two attached hydrogens (primary N) is 1. The minimum Gasteiger partial charge on any atom is -0.330 e. The first-order valence-electron chi connectivity index (χ1n) is 6.90. The van der Waals surface area contributed by atoms with Gasteiger partial charge in [0, 0.05) is 19.6 Å². The van der Waals surface area contributed by atoms with Crippen molar-refractivity contribution in [3.8, 4) is 0 Å². The van der Waals surface area contributed by atoms with Crippen LogP contribution in [-0.2, 0) is 10.2 Å². The van der Waals surface area contributed by atoms with E-state index in [9.17, 15) is 8.42 Å². The minimum atomic E-state index is -3.27. The van der Waals surface area contributed by atoms with Crippen molar-refractivity contribution in [3.05, 3.63) is 0 Å². The van der Waals surface area contributed by atoms with Gasteiger partial charge >= 0.3 is 0 Å². The summed E-state index contributed by atoms with van der Waals surface area (Å²) in [6.07, 6.45) is 3.71. The molecule has 1 fully saturated rings. The van der Waals surface area contributed by atoms with Crippen molar-refractivity contribution in [3.63, 3.8) is 0 Å². The average molecular weight is 277 g/mol. The largest absolute Gasteiger partial charge is 0.330 e. The van der Waals surface area contributed by atoms with E-state index in [2.05, 4.69) is 18.6 Å². The van der Waals surface area contributed by atoms with Crippen molar-refractivity contribution in [1.82, 2.24) is 9.03 Å². The minimum absolute atomic E-state index is 0.484. The second kappa shape index (κ2) is 7.43. The van der Waals surface area contributed by atoms with Crippen LogP contribution in [0.25, 0.3) is 0 Å². The van der Waals surface area contributed by atoms with Crippen LogP contribution in [0.15, 0.2) is 0 Å². The van der Waals surface area contributed by atoms with Crippen LogP contribution < -0.4 is 10.5 Å². The Morgan fingerprint density at radius 3 is 2.44 bits per heavy atom. The summed E-state index contributed by atoms with van der Waals surface area (Å²) < 4.78 is 28.3. The Labute approximate surface area is 111 Å². The van der Waals surface area contributed by atoms with Crippen LogP contribution in [0.2, 0.25) is 0 Å². The molecule has 0 unspecified atom stereocenters. The van der Waals surface area contributed by atoms with Crippen molar-refractivity contribution >= 4 is 10.2 Å². The van der Waals surface area contributed by atoms with Gasteiger partial charge in [0.2, 0.25) is 0 Å². The Kier molecular flexibility index (Phi) is 6.55. The van der Waals surface area contributed by atoms with Crippen LogP contribution in [-0.4, -0.2) is 38.9 Å². The van der Waals surface area contributed by atoms with Gasteiger partial charge in [0.25, 0.3) is 10.2 Å². The lowest BCUT2D eigenvalue weighted by atomic mass is 9.99. The van der Waals surface area contributed by atoms with Gasteiger partial charge in [0.1, 0.15) is 0 Å². The summed E-state index contributed by atoms with van der Waals surface area (Å²) in [6, 6.07) is 0. The third-order valence-corrected chi connectivity index (χ3v) is 5.10. The van der Waals surface area contributed by atoms with Crippen LogP contribution in [0.5, 0.6) is 0 Å². The van der Waals surface area contributed by atoms with Gasteiger partial charge in [-0.3, -0.25) is 0 Å². The van der Waals surface area contributed by atoms with Gasteiger partial charge in [0.15, 0.2) is 0 Å². The first-order chi connectivity index (χ1) is 8.45. The second-order valence-electron chi connectivity index (χ2n) is 5.51. The molecule has 0 radical (unpaired) electrons. The molecule has 108 valence electrons. The molecule has 0 bridgehead atoms. The van der Waals surface area contributed by atoms with E-state index in [1.165, 1.54) is 0 Å². The predicted molar refractivity (Wildman–Crippen MR) is 74.3 cm³/mol. The van der Waals surface area contributed by atoms with Gasteiger partial charge in [-0.05, 0) is 44.1 Å². The lowest BCUT2D eigenvalue weighted by Crippen LogP contribution is -2.46. The van der Waals surface area contributed by atoms with Crippen molar-refractivity contribution in [2.24, 2.45) is 17.6 Å². The molecular weight excluding hydrogens is 250 g/mol. The van der Waals surface area contributed by atoms with Crippen molar-refractivity contribution in [2.45, 2.75) is 39.5 Å². The summed E-state index contributed by atoms with van der Waals surface area (Å²) in [4.78, 5) is 0. The van der Waals surface area contributed by atoms with Gasteiger partial charge in [0.05, 0.1) is 0 Å². The highest BCUT2D eigenvalue weighted by atomic mass is 32.2. The quantitative estimate of drug-likeness (QED) is 0.680. The molecule has 0 aromatic rings. The monoisotopic (exact) mass is 277 g/mol. The molecule has 0 amide bonds. The summed E-state index contributed by atoms with van der Waals surface area (Å²) in [5.74, 6) is 1.10. The van der Waals surface area contributed by atoms with Gasteiger partial charge < -0.3 is 5.73 Å². The molecule has 0 atom stereocenters. The molecule has 6 heteroatoms. The normalized spacial score (nSPS) is 19.6. The molecule has 0 aliphatic carbocycles. The number of nitrogens with zero attached hydrogens (tertiary/aromatic N) is 1. The highest BCUT2D eigenvalue weighted by Gasteiger charge is 2.26. The summed E-state index contributed by atoms with van der Waals surface area (Å²) in [6.45, 7) is 6.69. The maximum Gasteiger partial charge on any atom is 0.279 e. The van der Waals surface area contributed by atoms with E-state index in [1.54, 1.807) is 4.31 Å². The fourth-order valence-electron chi connectivity index (χ4n) is 2.19. The molecule has 1 heterocycles. The fraction of sp³-hybridized carbons (Fsp3) is 1.00. The molecule has 0 aromatic heterocycles. The van der Waals surface area contributed by atoms with E-state index in [0.29, 0.717) is 38.0 Å². The number of nitrogens with one attached hydrogen (secondary N) is 1. The van der Waals surface area contributed by atoms with E-state index in [0.717, 1.165) is 25.7 Å². The van der Waals surface area contributed by atoms with Crippen molar-refractivity contribution < 1.29 is 8.42 Å². The van der Waals surface area contributed by atoms with Gasteiger partial charge in [-0.1, -0.05) is 13.8 Å². The Balaban J connectivity index is 2.31. The molecule has 0 aromatic carbocycles. The van der Waals surface area contributed by atoms with E-state index < -0.39 is 10.2 Å². The molecular formula is C12H27N3O2S. The third-order valence-electron chi connectivity index (χ3n) is 3.49. The maximum atomic E-state index is 12.0. The Morgan fingerprint density at radius 2 is 1.94 bits per heavy atom. The van der Waals surface area contributed by atoms with Crippen molar-refractivity contribution in [2.75, 3.05) is 26.2 Å². The number of rotatable bonds is 7. The maximum absolute atomic E-state index is 12.0. The first-order valence-corrected chi connectivity index (χ1v) is 8.34. The zero-order valence-corrected chi connectivity index (χ0v) is 12.4. The fourth-order valence-corrected chi connectivity index (χ4v) is 3.46. The SMILES string of the molecule is CC(C)CCCNS(=O)(=O)N1CCC(CN)CC1. The topological polar surface area (TPSA) is 75.4 Å². The predicted octanol–water partition coefficient (Wildman–Crippen LogP) is 0.928. The zero-order valence-electron chi connectivity index (χ0n) is 11.6. The molecule has 1 aliphatic heterocycles. The van der Waals surface area contributed by atoms with Crippen LogP contribution in [0.1, 0.15) is 39.5 Å². The molecule has 1 rings (SSSR count). The van der Waals surface area contributed by atoms with Gasteiger partial charge in [-0.2, -0.15) is 12.7 Å². The first kappa shape index (κ1) is 15.9. The highest BCUT2D eigenvalue weighted by molar-refractivity contribution is 7.87. The smallest absolute Gasteiger partial charge is 0.279 e. The molecule has 1 aliphatic rings. The lowest BCUT2D eigenvalue weighted by molar-refractivity contribution is 0.275. The summed E-state index contributed by atoms with van der Waals surface area (Å²) in [7, 11) is -3.27. The Bertz CT molecular complexity index is 322. The third kappa shape index (κ3) is 5.22. The van der Waals surface area contributed by atoms with Crippen LogP contribution >= 0.6 is 0 Å². The lowest BCUT2D eigenvalue weighted by Gasteiger charge is -2.30. The van der Waals surface area contributed by atoms with E-state index >= 15 is 0 Å². The van der Waals surface area contributed by atoms with Crippen molar-refractivity contribution in [1.29, 1.82) is 0 Å². The Morgan fingerprint density at radius 1 is 1.33 bits per heavy atom. The second-order valence-corrected chi connectivity index (χ2v) is 7.27. The van der Waals surface area contributed by atoms with Gasteiger partial charge in [-0.25, -0.2) is 4.72 Å². The molecule has 3 N–H and O–H groups in total. The number of piperidine rings is 1. The van der Waals surface area contributed by atoms with E-state index in [-0.39, 0.29) is 0 Å². The Hall–Kier alpha value is -0.170. The molecule has 1 saturated heterocycles. The average Bonchev–Trinajstić information content (AvgIpc) is 2.34. The van der Waals surface area contributed by atoms with Crippen LogP contribution in [0.3, 0.4) is 0 Å². The highest BCUT2D eigenvalue weighted by Crippen LogP contribution is 2.17. The van der Waals surface area contributed by atoms with E-state index in [4.69, 9.17) is 5.73 Å². The zero-order chi connectivity index (χ0) is 13.6. The summed E-state index contributed by atoms with van der Waals surface area (Å²) >= 11 is 0. The molecule has 0 spiro atoms. The van der Waals surface area contributed by atoms with E-state index in [1.807, 2.05) is 0 Å². The number of hydrogen-bond acceptors (Lipinski definition) is 3.